The molecule has 1 fully saturated rings. The van der Waals surface area contributed by atoms with E-state index in [2.05, 4.69) is 32.0 Å². The van der Waals surface area contributed by atoms with E-state index in [1.165, 1.54) is 31.2 Å². The molecule has 2 aliphatic heterocycles. The van der Waals surface area contributed by atoms with Crippen LogP contribution >= 0.6 is 0 Å². The summed E-state index contributed by atoms with van der Waals surface area (Å²) in [6.07, 6.45) is 9.39. The van der Waals surface area contributed by atoms with Crippen molar-refractivity contribution in [2.75, 3.05) is 31.6 Å². The Kier molecular flexibility index (Phi) is 6.44. The van der Waals surface area contributed by atoms with E-state index in [1.54, 1.807) is 13.3 Å². The fourth-order valence-electron chi connectivity index (χ4n) is 4.92. The van der Waals surface area contributed by atoms with Crippen LogP contribution in [-0.2, 0) is 26.1 Å². The Morgan fingerprint density at radius 1 is 1.09 bits per heavy atom. The third-order valence-electron chi connectivity index (χ3n) is 6.68. The van der Waals surface area contributed by atoms with E-state index in [0.717, 1.165) is 61.1 Å². The van der Waals surface area contributed by atoms with Crippen molar-refractivity contribution in [1.29, 1.82) is 0 Å². The fourth-order valence-corrected chi connectivity index (χ4v) is 4.92. The molecule has 1 N–H and O–H groups in total. The lowest BCUT2D eigenvalue weighted by Crippen LogP contribution is -2.37. The van der Waals surface area contributed by atoms with Crippen molar-refractivity contribution in [3.63, 3.8) is 0 Å². The van der Waals surface area contributed by atoms with E-state index in [1.807, 2.05) is 23.0 Å². The zero-order valence-corrected chi connectivity index (χ0v) is 19.3. The quantitative estimate of drug-likeness (QED) is 0.625. The highest BCUT2D eigenvalue weighted by atomic mass is 16.5. The van der Waals surface area contributed by atoms with E-state index in [4.69, 9.17) is 9.72 Å². The molecule has 0 atom stereocenters. The van der Waals surface area contributed by atoms with E-state index in [-0.39, 0.29) is 5.56 Å². The third kappa shape index (κ3) is 4.95. The topological polar surface area (TPSA) is 79.3 Å². The van der Waals surface area contributed by atoms with Crippen molar-refractivity contribution in [2.45, 2.75) is 51.7 Å². The van der Waals surface area contributed by atoms with Gasteiger partial charge in [0.25, 0.3) is 5.56 Å². The number of nitrogens with one attached hydrogen (secondary N) is 1. The molecule has 0 spiro atoms. The van der Waals surface area contributed by atoms with Gasteiger partial charge in [0.2, 0.25) is 5.95 Å². The molecule has 5 rings (SSSR count). The number of anilines is 1. The van der Waals surface area contributed by atoms with Crippen LogP contribution in [0.25, 0.3) is 0 Å². The summed E-state index contributed by atoms with van der Waals surface area (Å²) in [4.78, 5) is 25.5. The van der Waals surface area contributed by atoms with Crippen LogP contribution in [0.5, 0.6) is 5.75 Å². The highest BCUT2D eigenvalue weighted by Gasteiger charge is 2.23. The number of aromatic nitrogens is 4. The molecule has 0 unspecified atom stereocenters. The van der Waals surface area contributed by atoms with Gasteiger partial charge in [0.15, 0.2) is 0 Å². The fraction of sp³-hybridized carbons (Fsp3) is 0.480. The number of H-pyrrole nitrogens is 1. The number of benzene rings is 1. The summed E-state index contributed by atoms with van der Waals surface area (Å²) >= 11 is 0. The molecule has 174 valence electrons. The summed E-state index contributed by atoms with van der Waals surface area (Å²) in [5.74, 6) is 1.62. The van der Waals surface area contributed by atoms with Gasteiger partial charge in [0.1, 0.15) is 5.75 Å². The first-order valence-electron chi connectivity index (χ1n) is 11.9. The summed E-state index contributed by atoms with van der Waals surface area (Å²) < 4.78 is 7.45. The van der Waals surface area contributed by atoms with Crippen molar-refractivity contribution in [3.05, 3.63) is 69.4 Å². The van der Waals surface area contributed by atoms with Crippen LogP contribution in [0, 0.1) is 0 Å². The summed E-state index contributed by atoms with van der Waals surface area (Å²) in [6, 6.07) is 8.23. The van der Waals surface area contributed by atoms with Crippen molar-refractivity contribution in [1.82, 2.24) is 24.6 Å². The van der Waals surface area contributed by atoms with Crippen molar-refractivity contribution in [2.24, 2.45) is 0 Å². The van der Waals surface area contributed by atoms with Gasteiger partial charge in [0, 0.05) is 57.1 Å². The number of ether oxygens (including phenoxy) is 1. The molecule has 3 aromatic rings. The van der Waals surface area contributed by atoms with Gasteiger partial charge in [0.05, 0.1) is 24.9 Å². The molecule has 8 nitrogen and oxygen atoms in total. The number of aromatic amines is 1. The largest absolute Gasteiger partial charge is 0.496 e. The predicted molar refractivity (Wildman–Crippen MR) is 128 cm³/mol. The van der Waals surface area contributed by atoms with E-state index in [9.17, 15) is 4.79 Å². The molecule has 33 heavy (non-hydrogen) atoms. The highest BCUT2D eigenvalue weighted by molar-refractivity contribution is 5.38. The van der Waals surface area contributed by atoms with Crippen LogP contribution < -0.4 is 15.2 Å². The maximum Gasteiger partial charge on any atom is 0.257 e. The van der Waals surface area contributed by atoms with Gasteiger partial charge in [-0.2, -0.15) is 5.10 Å². The normalized spacial score (nSPS) is 16.9. The molecule has 0 bridgehead atoms. The number of hydrogen-bond donors (Lipinski definition) is 1. The molecule has 0 aliphatic carbocycles. The Labute approximate surface area is 194 Å². The van der Waals surface area contributed by atoms with Crippen LogP contribution in [0.3, 0.4) is 0 Å². The van der Waals surface area contributed by atoms with Gasteiger partial charge in [-0.15, -0.1) is 0 Å². The second kappa shape index (κ2) is 9.79. The number of nitrogens with zero attached hydrogens (tertiary/aromatic N) is 5. The van der Waals surface area contributed by atoms with Crippen molar-refractivity contribution < 1.29 is 4.74 Å². The molecule has 1 aromatic carbocycles. The Morgan fingerprint density at radius 3 is 2.70 bits per heavy atom. The lowest BCUT2D eigenvalue weighted by Gasteiger charge is -2.29. The first-order valence-corrected chi connectivity index (χ1v) is 11.9. The monoisotopic (exact) mass is 448 g/mol. The second-order valence-electron chi connectivity index (χ2n) is 9.03. The molecule has 2 aromatic heterocycles. The summed E-state index contributed by atoms with van der Waals surface area (Å²) in [5, 5.41) is 4.32. The Morgan fingerprint density at radius 2 is 1.94 bits per heavy atom. The summed E-state index contributed by atoms with van der Waals surface area (Å²) in [5.41, 5.74) is 4.08. The van der Waals surface area contributed by atoms with Crippen LogP contribution in [0.1, 0.15) is 48.1 Å². The number of methoxy groups -OCH3 is 1. The number of hydrogen-bond acceptors (Lipinski definition) is 6. The van der Waals surface area contributed by atoms with Gasteiger partial charge in [-0.05, 0) is 36.6 Å². The van der Waals surface area contributed by atoms with Crippen LogP contribution in [0.2, 0.25) is 0 Å². The smallest absolute Gasteiger partial charge is 0.257 e. The first kappa shape index (κ1) is 21.7. The Hall–Kier alpha value is -3.13. The van der Waals surface area contributed by atoms with Gasteiger partial charge in [-0.1, -0.05) is 18.9 Å². The summed E-state index contributed by atoms with van der Waals surface area (Å²) in [7, 11) is 1.70. The van der Waals surface area contributed by atoms with Gasteiger partial charge < -0.3 is 9.64 Å². The standard InChI is InChI=1S/C25H32N6O2/c1-33-23-8-7-19(15-20(23)17-31-13-6-10-26-31)16-29-14-9-22-21(18-29)24(32)28-25(27-22)30-11-4-2-3-5-12-30/h6-8,10,13,15H,2-5,9,11-12,14,16-18H2,1H3,(H,27,28,32). The minimum Gasteiger partial charge on any atom is -0.496 e. The molecule has 8 heteroatoms. The zero-order valence-electron chi connectivity index (χ0n) is 19.3. The average molecular weight is 449 g/mol. The lowest BCUT2D eigenvalue weighted by molar-refractivity contribution is 0.241. The number of fused-ring (bicyclic) bond motifs is 1. The SMILES string of the molecule is COc1ccc(CN2CCc3nc(N4CCCCCC4)[nH]c(=O)c3C2)cc1Cn1cccn1. The lowest BCUT2D eigenvalue weighted by atomic mass is 10.0. The molecular formula is C25H32N6O2. The second-order valence-corrected chi connectivity index (χ2v) is 9.03. The maximum atomic E-state index is 13.0. The molecule has 1 saturated heterocycles. The van der Waals surface area contributed by atoms with Gasteiger partial charge in [-0.25, -0.2) is 4.98 Å². The highest BCUT2D eigenvalue weighted by Crippen LogP contribution is 2.24. The molecule has 4 heterocycles. The summed E-state index contributed by atoms with van der Waals surface area (Å²) in [6.45, 7) is 4.92. The van der Waals surface area contributed by atoms with Crippen molar-refractivity contribution >= 4 is 5.95 Å². The Balaban J connectivity index is 1.31. The van der Waals surface area contributed by atoms with Crippen LogP contribution in [0.4, 0.5) is 5.95 Å². The molecule has 2 aliphatic rings. The van der Waals surface area contributed by atoms with Gasteiger partial charge >= 0.3 is 0 Å². The van der Waals surface area contributed by atoms with Crippen LogP contribution in [-0.4, -0.2) is 51.4 Å². The van der Waals surface area contributed by atoms with E-state index in [0.29, 0.717) is 13.1 Å². The zero-order chi connectivity index (χ0) is 22.6. The maximum absolute atomic E-state index is 13.0. The number of rotatable bonds is 6. The molecule has 0 saturated carbocycles. The van der Waals surface area contributed by atoms with E-state index >= 15 is 0 Å². The van der Waals surface area contributed by atoms with Crippen molar-refractivity contribution in [3.8, 4) is 5.75 Å². The predicted octanol–water partition coefficient (Wildman–Crippen LogP) is 2.96. The van der Waals surface area contributed by atoms with Gasteiger partial charge in [-0.3, -0.25) is 19.4 Å². The average Bonchev–Trinajstić information content (AvgIpc) is 3.18. The first-order chi connectivity index (χ1) is 16.2. The Bertz CT molecular complexity index is 1130. The molecule has 0 radical (unpaired) electrons. The minimum atomic E-state index is 0.0121. The van der Waals surface area contributed by atoms with Crippen LogP contribution in [0.15, 0.2) is 41.5 Å². The van der Waals surface area contributed by atoms with E-state index < -0.39 is 0 Å². The third-order valence-corrected chi connectivity index (χ3v) is 6.68. The molecule has 0 amide bonds. The molecular weight excluding hydrogens is 416 g/mol. The minimum absolute atomic E-state index is 0.0121.